The van der Waals surface area contributed by atoms with Crippen LogP contribution in [0.1, 0.15) is 12.2 Å². The van der Waals surface area contributed by atoms with Crippen LogP contribution in [-0.4, -0.2) is 61.2 Å². The number of benzene rings is 1. The van der Waals surface area contributed by atoms with Crippen LogP contribution in [0, 0.1) is 5.92 Å². The molecule has 0 saturated carbocycles. The van der Waals surface area contributed by atoms with Gasteiger partial charge in [-0.05, 0) is 36.6 Å². The number of ether oxygens (including phenoxy) is 2. The molecule has 0 unspecified atom stereocenters. The number of rotatable bonds is 8. The van der Waals surface area contributed by atoms with Gasteiger partial charge in [-0.2, -0.15) is 4.31 Å². The van der Waals surface area contributed by atoms with Crippen molar-refractivity contribution in [1.29, 1.82) is 0 Å². The van der Waals surface area contributed by atoms with Crippen molar-refractivity contribution in [1.82, 2.24) is 18.8 Å². The van der Waals surface area contributed by atoms with Crippen LogP contribution in [0.25, 0.3) is 11.2 Å². The molecule has 3 aromatic rings. The summed E-state index contributed by atoms with van der Waals surface area (Å²) in [6.07, 6.45) is 3.25. The molecule has 0 aliphatic carbocycles. The normalized spacial score (nSPS) is 17.6. The van der Waals surface area contributed by atoms with Gasteiger partial charge in [-0.1, -0.05) is 6.07 Å². The van der Waals surface area contributed by atoms with Gasteiger partial charge in [-0.3, -0.25) is 0 Å². The second-order valence-electron chi connectivity index (χ2n) is 7.42. The number of imidazole rings is 1. The second-order valence-corrected chi connectivity index (χ2v) is 9.36. The molecule has 1 fully saturated rings. The predicted octanol–water partition coefficient (Wildman–Crippen LogP) is 2.34. The summed E-state index contributed by atoms with van der Waals surface area (Å²) in [6.45, 7) is 2.20. The van der Waals surface area contributed by atoms with E-state index in [0.29, 0.717) is 38.4 Å². The van der Waals surface area contributed by atoms with Gasteiger partial charge < -0.3 is 14.0 Å². The molecule has 4 rings (SSSR count). The Kier molecular flexibility index (Phi) is 6.03. The molecule has 0 N–H and O–H groups in total. The van der Waals surface area contributed by atoms with E-state index in [1.807, 2.05) is 12.1 Å². The zero-order chi connectivity index (χ0) is 21.1. The number of aromatic nitrogens is 3. The standard InChI is InChI=1S/C21H26N4O4S/c1-28-12-11-25-20(23-19-7-4-9-22-21(19)25)13-16-8-10-24(15-16)30(26,27)18-6-3-5-17(14-18)29-2/h3-7,9,14,16H,8,10-13,15H2,1-2H3/t16-/m0/s1. The second kappa shape index (κ2) is 8.71. The Morgan fingerprint density at radius 3 is 2.87 bits per heavy atom. The lowest BCUT2D eigenvalue weighted by Crippen LogP contribution is -2.29. The van der Waals surface area contributed by atoms with E-state index in [0.717, 1.165) is 23.4 Å². The van der Waals surface area contributed by atoms with Crippen molar-refractivity contribution in [2.75, 3.05) is 33.9 Å². The van der Waals surface area contributed by atoms with Gasteiger partial charge in [0.1, 0.15) is 17.1 Å². The van der Waals surface area contributed by atoms with Gasteiger partial charge in [0, 0.05) is 45.4 Å². The monoisotopic (exact) mass is 430 g/mol. The zero-order valence-electron chi connectivity index (χ0n) is 17.2. The molecule has 160 valence electrons. The molecule has 0 spiro atoms. The van der Waals surface area contributed by atoms with E-state index in [1.165, 1.54) is 7.11 Å². The fourth-order valence-corrected chi connectivity index (χ4v) is 5.50. The van der Waals surface area contributed by atoms with E-state index in [1.54, 1.807) is 41.9 Å². The number of fused-ring (bicyclic) bond motifs is 1. The van der Waals surface area contributed by atoms with Crippen molar-refractivity contribution >= 4 is 21.2 Å². The van der Waals surface area contributed by atoms with Gasteiger partial charge in [0.15, 0.2) is 5.65 Å². The SMILES string of the molecule is COCCn1c(C[C@@H]2CCN(S(=O)(=O)c3cccc(OC)c3)C2)nc2cccnc21. The summed E-state index contributed by atoms with van der Waals surface area (Å²) < 4.78 is 40.2. The minimum Gasteiger partial charge on any atom is -0.497 e. The fraction of sp³-hybridized carbons (Fsp3) is 0.429. The molecule has 1 atom stereocenters. The highest BCUT2D eigenvalue weighted by atomic mass is 32.2. The molecular weight excluding hydrogens is 404 g/mol. The van der Waals surface area contributed by atoms with Crippen molar-refractivity contribution in [3.05, 3.63) is 48.4 Å². The number of sulfonamides is 1. The van der Waals surface area contributed by atoms with Gasteiger partial charge in [-0.25, -0.2) is 18.4 Å². The van der Waals surface area contributed by atoms with E-state index in [9.17, 15) is 8.42 Å². The van der Waals surface area contributed by atoms with Crippen molar-refractivity contribution in [3.63, 3.8) is 0 Å². The maximum absolute atomic E-state index is 13.1. The lowest BCUT2D eigenvalue weighted by molar-refractivity contribution is 0.187. The van der Waals surface area contributed by atoms with Crippen LogP contribution in [0.2, 0.25) is 0 Å². The van der Waals surface area contributed by atoms with Crippen LogP contribution < -0.4 is 4.74 Å². The van der Waals surface area contributed by atoms with Crippen molar-refractivity contribution in [2.45, 2.75) is 24.3 Å². The molecule has 2 aromatic heterocycles. The molecular formula is C21H26N4O4S. The summed E-state index contributed by atoms with van der Waals surface area (Å²) in [5, 5.41) is 0. The van der Waals surface area contributed by atoms with E-state index in [-0.39, 0.29) is 10.8 Å². The maximum atomic E-state index is 13.1. The number of methoxy groups -OCH3 is 2. The largest absolute Gasteiger partial charge is 0.497 e. The number of nitrogens with zero attached hydrogens (tertiary/aromatic N) is 4. The van der Waals surface area contributed by atoms with E-state index >= 15 is 0 Å². The average Bonchev–Trinajstić information content (AvgIpc) is 3.37. The first kappa shape index (κ1) is 20.8. The molecule has 8 nitrogen and oxygen atoms in total. The Morgan fingerprint density at radius 2 is 2.07 bits per heavy atom. The predicted molar refractivity (Wildman–Crippen MR) is 113 cm³/mol. The van der Waals surface area contributed by atoms with E-state index in [2.05, 4.69) is 9.55 Å². The molecule has 0 bridgehead atoms. The lowest BCUT2D eigenvalue weighted by Gasteiger charge is -2.17. The lowest BCUT2D eigenvalue weighted by atomic mass is 10.0. The first-order valence-corrected chi connectivity index (χ1v) is 11.4. The molecule has 1 aliphatic heterocycles. The van der Waals surface area contributed by atoms with Crippen molar-refractivity contribution in [2.24, 2.45) is 5.92 Å². The molecule has 0 amide bonds. The molecule has 1 aliphatic rings. The summed E-state index contributed by atoms with van der Waals surface area (Å²) in [5.74, 6) is 1.65. The number of hydrogen-bond donors (Lipinski definition) is 0. The third-order valence-corrected chi connectivity index (χ3v) is 7.36. The third-order valence-electron chi connectivity index (χ3n) is 5.50. The van der Waals surface area contributed by atoms with Gasteiger partial charge in [-0.15, -0.1) is 0 Å². The molecule has 1 saturated heterocycles. The number of pyridine rings is 1. The van der Waals surface area contributed by atoms with Crippen LogP contribution in [0.4, 0.5) is 0 Å². The van der Waals surface area contributed by atoms with Crippen LogP contribution >= 0.6 is 0 Å². The Balaban J connectivity index is 1.53. The Morgan fingerprint density at radius 1 is 1.20 bits per heavy atom. The molecule has 30 heavy (non-hydrogen) atoms. The van der Waals surface area contributed by atoms with Gasteiger partial charge in [0.2, 0.25) is 10.0 Å². The maximum Gasteiger partial charge on any atom is 0.243 e. The summed E-state index contributed by atoms with van der Waals surface area (Å²) in [6, 6.07) is 10.4. The minimum atomic E-state index is -3.55. The van der Waals surface area contributed by atoms with Crippen LogP contribution in [0.5, 0.6) is 5.75 Å². The highest BCUT2D eigenvalue weighted by molar-refractivity contribution is 7.89. The van der Waals surface area contributed by atoms with Crippen molar-refractivity contribution in [3.8, 4) is 5.75 Å². The smallest absolute Gasteiger partial charge is 0.243 e. The molecule has 0 radical (unpaired) electrons. The van der Waals surface area contributed by atoms with Crippen LogP contribution in [-0.2, 0) is 27.7 Å². The van der Waals surface area contributed by atoms with Crippen LogP contribution in [0.3, 0.4) is 0 Å². The molecule has 3 heterocycles. The average molecular weight is 431 g/mol. The van der Waals surface area contributed by atoms with Crippen molar-refractivity contribution < 1.29 is 17.9 Å². The van der Waals surface area contributed by atoms with Gasteiger partial charge in [0.25, 0.3) is 0 Å². The zero-order valence-corrected chi connectivity index (χ0v) is 18.0. The first-order valence-electron chi connectivity index (χ1n) is 9.96. The summed E-state index contributed by atoms with van der Waals surface area (Å²) in [4.78, 5) is 9.49. The first-order chi connectivity index (χ1) is 14.5. The Labute approximate surface area is 176 Å². The topological polar surface area (TPSA) is 86.5 Å². The fourth-order valence-electron chi connectivity index (χ4n) is 3.93. The van der Waals surface area contributed by atoms with E-state index < -0.39 is 10.0 Å². The van der Waals surface area contributed by atoms with Crippen LogP contribution in [0.15, 0.2) is 47.5 Å². The third kappa shape index (κ3) is 4.05. The summed E-state index contributed by atoms with van der Waals surface area (Å²) in [5.41, 5.74) is 1.69. The Bertz CT molecular complexity index is 1130. The van der Waals surface area contributed by atoms with Gasteiger partial charge in [0.05, 0.1) is 18.6 Å². The molecule has 1 aromatic carbocycles. The highest BCUT2D eigenvalue weighted by Gasteiger charge is 2.33. The quantitative estimate of drug-likeness (QED) is 0.545. The summed E-state index contributed by atoms with van der Waals surface area (Å²) in [7, 11) is -0.351. The van der Waals surface area contributed by atoms with Gasteiger partial charge >= 0.3 is 0 Å². The minimum absolute atomic E-state index is 0.198. The molecule has 9 heteroatoms. The Hall–Kier alpha value is -2.49. The van der Waals surface area contributed by atoms with E-state index in [4.69, 9.17) is 14.5 Å². The highest BCUT2D eigenvalue weighted by Crippen LogP contribution is 2.28. The number of hydrogen-bond acceptors (Lipinski definition) is 6. The summed E-state index contributed by atoms with van der Waals surface area (Å²) >= 11 is 0.